The van der Waals surface area contributed by atoms with Crippen LogP contribution < -0.4 is 16.4 Å². The number of amides is 2. The molecule has 1 aliphatic carbocycles. The number of likely N-dealkylation sites (N-methyl/N-ethyl adjacent to an activating group) is 1. The van der Waals surface area contributed by atoms with E-state index in [1.807, 2.05) is 6.92 Å². The van der Waals surface area contributed by atoms with E-state index in [1.165, 1.54) is 0 Å². The second-order valence-electron chi connectivity index (χ2n) is 5.31. The van der Waals surface area contributed by atoms with Gasteiger partial charge in [0.15, 0.2) is 0 Å². The summed E-state index contributed by atoms with van der Waals surface area (Å²) in [6.07, 6.45) is 2.78. The molecule has 5 heteroatoms. The maximum Gasteiger partial charge on any atom is 0.242 e. The Morgan fingerprint density at radius 2 is 2.06 bits per heavy atom. The predicted molar refractivity (Wildman–Crippen MR) is 70.8 cm³/mol. The molecule has 0 spiro atoms. The molecule has 1 aliphatic rings. The van der Waals surface area contributed by atoms with Gasteiger partial charge < -0.3 is 16.4 Å². The Morgan fingerprint density at radius 1 is 1.39 bits per heavy atom. The molecule has 0 saturated heterocycles. The summed E-state index contributed by atoms with van der Waals surface area (Å²) in [5, 5.41) is 5.44. The van der Waals surface area contributed by atoms with Crippen molar-refractivity contribution in [3.63, 3.8) is 0 Å². The van der Waals surface area contributed by atoms with E-state index in [1.54, 1.807) is 6.92 Å². The highest BCUT2D eigenvalue weighted by Crippen LogP contribution is 2.28. The van der Waals surface area contributed by atoms with Crippen LogP contribution in [0.25, 0.3) is 0 Å². The normalized spacial score (nSPS) is 29.4. The Hall–Kier alpha value is -1.10. The molecule has 2 amide bonds. The smallest absolute Gasteiger partial charge is 0.242 e. The number of hydrogen-bond donors (Lipinski definition) is 3. The van der Waals surface area contributed by atoms with Crippen LogP contribution in [0.4, 0.5) is 0 Å². The summed E-state index contributed by atoms with van der Waals surface area (Å²) < 4.78 is 0. The van der Waals surface area contributed by atoms with Gasteiger partial charge in [-0.1, -0.05) is 6.92 Å². The minimum atomic E-state index is -0.498. The van der Waals surface area contributed by atoms with Crippen LogP contribution in [-0.2, 0) is 9.59 Å². The molecular weight excluding hydrogens is 230 g/mol. The van der Waals surface area contributed by atoms with E-state index in [-0.39, 0.29) is 23.8 Å². The predicted octanol–water partition coefficient (Wildman–Crippen LogP) is 0.391. The van der Waals surface area contributed by atoms with Crippen LogP contribution in [0.5, 0.6) is 0 Å². The van der Waals surface area contributed by atoms with E-state index in [9.17, 15) is 9.59 Å². The number of nitrogens with two attached hydrogens (primary N) is 1. The van der Waals surface area contributed by atoms with E-state index >= 15 is 0 Å². The van der Waals surface area contributed by atoms with E-state index in [0.29, 0.717) is 12.5 Å². The lowest BCUT2D eigenvalue weighted by Gasteiger charge is -2.32. The minimum Gasteiger partial charge on any atom is -0.355 e. The van der Waals surface area contributed by atoms with Gasteiger partial charge in [0.05, 0.1) is 5.92 Å². The molecule has 0 aromatic heterocycles. The summed E-state index contributed by atoms with van der Waals surface area (Å²) >= 11 is 0. The zero-order chi connectivity index (χ0) is 13.7. The van der Waals surface area contributed by atoms with Crippen molar-refractivity contribution in [2.24, 2.45) is 17.6 Å². The van der Waals surface area contributed by atoms with Crippen LogP contribution in [0.2, 0.25) is 0 Å². The zero-order valence-corrected chi connectivity index (χ0v) is 11.5. The molecule has 1 fully saturated rings. The quantitative estimate of drug-likeness (QED) is 0.679. The first-order chi connectivity index (χ1) is 8.45. The van der Waals surface area contributed by atoms with Crippen molar-refractivity contribution < 1.29 is 9.59 Å². The van der Waals surface area contributed by atoms with Gasteiger partial charge in [-0.3, -0.25) is 9.59 Å². The van der Waals surface area contributed by atoms with Gasteiger partial charge >= 0.3 is 0 Å². The van der Waals surface area contributed by atoms with Gasteiger partial charge in [0.2, 0.25) is 11.8 Å². The van der Waals surface area contributed by atoms with Crippen LogP contribution >= 0.6 is 0 Å². The first kappa shape index (κ1) is 15.0. The Bertz CT molecular complexity index is 307. The third-order valence-electron chi connectivity index (χ3n) is 3.61. The molecule has 18 heavy (non-hydrogen) atoms. The Morgan fingerprint density at radius 3 is 2.67 bits per heavy atom. The molecule has 0 aromatic carbocycles. The molecule has 0 bridgehead atoms. The lowest BCUT2D eigenvalue weighted by atomic mass is 9.78. The van der Waals surface area contributed by atoms with Crippen molar-refractivity contribution in [2.45, 2.75) is 52.1 Å². The van der Waals surface area contributed by atoms with Crippen LogP contribution in [0, 0.1) is 11.8 Å². The molecule has 104 valence electrons. The van der Waals surface area contributed by atoms with E-state index in [2.05, 4.69) is 17.6 Å². The van der Waals surface area contributed by atoms with Gasteiger partial charge in [0.1, 0.15) is 6.04 Å². The Balaban J connectivity index is 2.50. The molecule has 1 saturated carbocycles. The van der Waals surface area contributed by atoms with Gasteiger partial charge in [-0.2, -0.15) is 0 Å². The lowest BCUT2D eigenvalue weighted by Crippen LogP contribution is -2.51. The molecule has 0 aliphatic heterocycles. The largest absolute Gasteiger partial charge is 0.355 e. The summed E-state index contributed by atoms with van der Waals surface area (Å²) in [7, 11) is 0. The van der Waals surface area contributed by atoms with Gasteiger partial charge in [0.25, 0.3) is 0 Å². The molecule has 5 nitrogen and oxygen atoms in total. The van der Waals surface area contributed by atoms with Crippen molar-refractivity contribution in [2.75, 3.05) is 6.54 Å². The molecule has 4 unspecified atom stereocenters. The second kappa shape index (κ2) is 6.73. The van der Waals surface area contributed by atoms with Crippen LogP contribution in [0.1, 0.15) is 40.0 Å². The van der Waals surface area contributed by atoms with Crippen LogP contribution in [0.3, 0.4) is 0 Å². The van der Waals surface area contributed by atoms with Crippen molar-refractivity contribution in [3.8, 4) is 0 Å². The van der Waals surface area contributed by atoms with Crippen LogP contribution in [-0.4, -0.2) is 30.4 Å². The number of hydrogen-bond acceptors (Lipinski definition) is 3. The number of nitrogens with one attached hydrogen (secondary N) is 2. The summed E-state index contributed by atoms with van der Waals surface area (Å²) in [6, 6.07) is -0.579. The fraction of sp³-hybridized carbons (Fsp3) is 0.846. The number of rotatable bonds is 4. The highest BCUT2D eigenvalue weighted by Gasteiger charge is 2.32. The van der Waals surface area contributed by atoms with Gasteiger partial charge in [-0.25, -0.2) is 0 Å². The van der Waals surface area contributed by atoms with E-state index in [0.717, 1.165) is 19.3 Å². The van der Waals surface area contributed by atoms with E-state index < -0.39 is 6.04 Å². The van der Waals surface area contributed by atoms with E-state index in [4.69, 9.17) is 5.73 Å². The molecule has 4 N–H and O–H groups in total. The zero-order valence-electron chi connectivity index (χ0n) is 11.5. The molecule has 4 atom stereocenters. The molecule has 0 heterocycles. The van der Waals surface area contributed by atoms with Crippen molar-refractivity contribution in [3.05, 3.63) is 0 Å². The van der Waals surface area contributed by atoms with Gasteiger partial charge in [-0.15, -0.1) is 0 Å². The number of carbonyl (C=O) groups is 2. The highest BCUT2D eigenvalue weighted by atomic mass is 16.2. The summed E-state index contributed by atoms with van der Waals surface area (Å²) in [5.41, 5.74) is 5.99. The van der Waals surface area contributed by atoms with Crippen molar-refractivity contribution in [1.29, 1.82) is 0 Å². The topological polar surface area (TPSA) is 84.2 Å². The first-order valence-electron chi connectivity index (χ1n) is 6.79. The monoisotopic (exact) mass is 255 g/mol. The SMILES string of the molecule is CCNC(=O)C(C)NC(=O)C1CC(C)CCC1N. The summed E-state index contributed by atoms with van der Waals surface area (Å²) in [6.45, 7) is 6.25. The van der Waals surface area contributed by atoms with Crippen molar-refractivity contribution in [1.82, 2.24) is 10.6 Å². The fourth-order valence-corrected chi connectivity index (χ4v) is 2.42. The maximum absolute atomic E-state index is 12.1. The molecule has 0 aromatic rings. The van der Waals surface area contributed by atoms with Crippen molar-refractivity contribution >= 4 is 11.8 Å². The molecule has 1 rings (SSSR count). The molecular formula is C13H25N3O2. The minimum absolute atomic E-state index is 0.0809. The third-order valence-corrected chi connectivity index (χ3v) is 3.61. The van der Waals surface area contributed by atoms with Gasteiger partial charge in [0, 0.05) is 12.6 Å². The summed E-state index contributed by atoms with van der Waals surface area (Å²) in [5.74, 6) is 0.127. The van der Waals surface area contributed by atoms with Gasteiger partial charge in [-0.05, 0) is 39.0 Å². The number of carbonyl (C=O) groups excluding carboxylic acids is 2. The second-order valence-corrected chi connectivity index (χ2v) is 5.31. The lowest BCUT2D eigenvalue weighted by molar-refractivity contribution is -0.132. The standard InChI is InChI=1S/C13H25N3O2/c1-4-15-12(17)9(3)16-13(18)10-7-8(2)5-6-11(10)14/h8-11H,4-7,14H2,1-3H3,(H,15,17)(H,16,18). The Kier molecular flexibility index (Phi) is 5.59. The Labute approximate surface area is 109 Å². The van der Waals surface area contributed by atoms with Crippen LogP contribution in [0.15, 0.2) is 0 Å². The fourth-order valence-electron chi connectivity index (χ4n) is 2.42. The average molecular weight is 255 g/mol. The summed E-state index contributed by atoms with van der Waals surface area (Å²) in [4.78, 5) is 23.7. The average Bonchev–Trinajstić information content (AvgIpc) is 2.32. The maximum atomic E-state index is 12.1. The molecule has 0 radical (unpaired) electrons. The highest BCUT2D eigenvalue weighted by molar-refractivity contribution is 5.88. The first-order valence-corrected chi connectivity index (χ1v) is 6.79. The third kappa shape index (κ3) is 3.98.